The molecule has 0 radical (unpaired) electrons. The average molecular weight is 363 g/mol. The second-order valence-electron chi connectivity index (χ2n) is 4.80. The zero-order valence-electron chi connectivity index (χ0n) is 12.3. The van der Waals surface area contributed by atoms with Gasteiger partial charge < -0.3 is 4.74 Å². The van der Waals surface area contributed by atoms with Crippen LogP contribution in [0.1, 0.15) is 11.4 Å². The Morgan fingerprint density at radius 2 is 2.08 bits per heavy atom. The number of ether oxygens (including phenoxy) is 1. The van der Waals surface area contributed by atoms with Crippen molar-refractivity contribution in [3.8, 4) is 5.75 Å². The SMILES string of the molecule is Fc1cccc(/C=N\n2c(COc3ccc(Cl)cc3)n[nH]c2=S)c1. The molecule has 8 heteroatoms. The normalized spacial score (nSPS) is 11.1. The van der Waals surface area contributed by atoms with E-state index in [-0.39, 0.29) is 12.4 Å². The first-order valence-electron chi connectivity index (χ1n) is 6.96. The highest BCUT2D eigenvalue weighted by Gasteiger charge is 2.06. The van der Waals surface area contributed by atoms with Crippen molar-refractivity contribution in [2.45, 2.75) is 6.61 Å². The smallest absolute Gasteiger partial charge is 0.216 e. The molecule has 1 heterocycles. The molecule has 3 rings (SSSR count). The molecule has 3 aromatic rings. The third kappa shape index (κ3) is 4.06. The highest BCUT2D eigenvalue weighted by Crippen LogP contribution is 2.16. The Morgan fingerprint density at radius 3 is 2.83 bits per heavy atom. The van der Waals surface area contributed by atoms with Crippen LogP contribution >= 0.6 is 23.8 Å². The van der Waals surface area contributed by atoms with Crippen LogP contribution < -0.4 is 4.74 Å². The number of nitrogens with one attached hydrogen (secondary N) is 1. The summed E-state index contributed by atoms with van der Waals surface area (Å²) in [6.45, 7) is 0.162. The molecule has 0 aliphatic rings. The standard InChI is InChI=1S/C16H12ClFN4OS/c17-12-4-6-14(7-5-12)23-10-15-20-21-16(24)22(15)19-9-11-2-1-3-13(18)8-11/h1-9H,10H2,(H,21,24)/b19-9-. The van der Waals surface area contributed by atoms with Gasteiger partial charge in [-0.15, -0.1) is 0 Å². The van der Waals surface area contributed by atoms with Gasteiger partial charge in [-0.05, 0) is 54.2 Å². The zero-order chi connectivity index (χ0) is 16.9. The summed E-state index contributed by atoms with van der Waals surface area (Å²) < 4.78 is 20.6. The van der Waals surface area contributed by atoms with Crippen molar-refractivity contribution in [1.29, 1.82) is 0 Å². The largest absolute Gasteiger partial charge is 0.486 e. The summed E-state index contributed by atoms with van der Waals surface area (Å²) in [6.07, 6.45) is 1.50. The zero-order valence-corrected chi connectivity index (χ0v) is 13.9. The maximum absolute atomic E-state index is 13.2. The summed E-state index contributed by atoms with van der Waals surface area (Å²) >= 11 is 11.0. The first kappa shape index (κ1) is 16.4. The van der Waals surface area contributed by atoms with E-state index in [4.69, 9.17) is 28.6 Å². The lowest BCUT2D eigenvalue weighted by molar-refractivity contribution is 0.290. The molecule has 2 aromatic carbocycles. The van der Waals surface area contributed by atoms with Crippen molar-refractivity contribution in [2.75, 3.05) is 0 Å². The van der Waals surface area contributed by atoms with Gasteiger partial charge in [0.1, 0.15) is 18.2 Å². The van der Waals surface area contributed by atoms with Gasteiger partial charge in [0.2, 0.25) is 4.77 Å². The molecule has 0 spiro atoms. The number of hydrogen-bond donors (Lipinski definition) is 1. The van der Waals surface area contributed by atoms with E-state index in [0.29, 0.717) is 26.9 Å². The second kappa shape index (κ2) is 7.37. The minimum absolute atomic E-state index is 0.162. The monoisotopic (exact) mass is 362 g/mol. The number of aromatic amines is 1. The minimum atomic E-state index is -0.332. The second-order valence-corrected chi connectivity index (χ2v) is 5.62. The van der Waals surface area contributed by atoms with Crippen LogP contribution in [0.25, 0.3) is 0 Å². The number of halogens is 2. The van der Waals surface area contributed by atoms with Crippen molar-refractivity contribution in [3.63, 3.8) is 0 Å². The molecule has 122 valence electrons. The van der Waals surface area contributed by atoms with Crippen LogP contribution in [-0.4, -0.2) is 21.1 Å². The molecule has 0 unspecified atom stereocenters. The lowest BCUT2D eigenvalue weighted by atomic mass is 10.2. The van der Waals surface area contributed by atoms with Gasteiger partial charge in [0.05, 0.1) is 6.21 Å². The molecule has 0 saturated heterocycles. The van der Waals surface area contributed by atoms with E-state index in [1.54, 1.807) is 36.4 Å². The number of hydrogen-bond acceptors (Lipinski definition) is 4. The third-order valence-corrected chi connectivity index (χ3v) is 3.59. The topological polar surface area (TPSA) is 55.2 Å². The van der Waals surface area contributed by atoms with Crippen molar-refractivity contribution >= 4 is 30.0 Å². The summed E-state index contributed by atoms with van der Waals surface area (Å²) in [6, 6.07) is 13.1. The summed E-state index contributed by atoms with van der Waals surface area (Å²) in [5, 5.41) is 11.6. The maximum atomic E-state index is 13.2. The van der Waals surface area contributed by atoms with Crippen molar-refractivity contribution in [2.24, 2.45) is 5.10 Å². The van der Waals surface area contributed by atoms with Crippen molar-refractivity contribution < 1.29 is 9.13 Å². The summed E-state index contributed by atoms with van der Waals surface area (Å²) in [5.41, 5.74) is 0.614. The van der Waals surface area contributed by atoms with E-state index < -0.39 is 0 Å². The van der Waals surface area contributed by atoms with Crippen molar-refractivity contribution in [3.05, 3.63) is 75.5 Å². The summed E-state index contributed by atoms with van der Waals surface area (Å²) in [7, 11) is 0. The number of benzene rings is 2. The highest BCUT2D eigenvalue weighted by atomic mass is 35.5. The molecule has 0 saturated carbocycles. The number of H-pyrrole nitrogens is 1. The molecule has 5 nitrogen and oxygen atoms in total. The Bertz CT molecular complexity index is 920. The van der Waals surface area contributed by atoms with Gasteiger partial charge in [-0.3, -0.25) is 0 Å². The fraction of sp³-hybridized carbons (Fsp3) is 0.0625. The van der Waals surface area contributed by atoms with Gasteiger partial charge >= 0.3 is 0 Å². The minimum Gasteiger partial charge on any atom is -0.486 e. The van der Waals surface area contributed by atoms with E-state index >= 15 is 0 Å². The van der Waals surface area contributed by atoms with Crippen LogP contribution in [0.3, 0.4) is 0 Å². The molecule has 0 amide bonds. The number of nitrogens with zero attached hydrogens (tertiary/aromatic N) is 3. The molecular weight excluding hydrogens is 351 g/mol. The van der Waals surface area contributed by atoms with Crippen LogP contribution in [0.15, 0.2) is 53.6 Å². The fourth-order valence-corrected chi connectivity index (χ4v) is 2.25. The van der Waals surface area contributed by atoms with E-state index in [2.05, 4.69) is 15.3 Å². The van der Waals surface area contributed by atoms with E-state index in [1.807, 2.05) is 0 Å². The molecule has 0 atom stereocenters. The van der Waals surface area contributed by atoms with Gasteiger partial charge in [0.15, 0.2) is 5.82 Å². The predicted molar refractivity (Wildman–Crippen MR) is 92.6 cm³/mol. The van der Waals surface area contributed by atoms with Crippen LogP contribution in [0.4, 0.5) is 4.39 Å². The van der Waals surface area contributed by atoms with Crippen LogP contribution in [0.2, 0.25) is 5.02 Å². The van der Waals surface area contributed by atoms with E-state index in [9.17, 15) is 4.39 Å². The van der Waals surface area contributed by atoms with Gasteiger partial charge in [0.25, 0.3) is 0 Å². The van der Waals surface area contributed by atoms with Crippen LogP contribution in [-0.2, 0) is 6.61 Å². The average Bonchev–Trinajstić information content (AvgIpc) is 2.92. The van der Waals surface area contributed by atoms with E-state index in [1.165, 1.54) is 23.0 Å². The lowest BCUT2D eigenvalue weighted by Gasteiger charge is -2.05. The van der Waals surface area contributed by atoms with E-state index in [0.717, 1.165) is 0 Å². The Morgan fingerprint density at radius 1 is 1.29 bits per heavy atom. The fourth-order valence-electron chi connectivity index (χ4n) is 1.93. The van der Waals surface area contributed by atoms with Crippen LogP contribution in [0, 0.1) is 10.6 Å². The summed E-state index contributed by atoms with van der Waals surface area (Å²) in [5.74, 6) is 0.803. The molecule has 1 aromatic heterocycles. The van der Waals surface area contributed by atoms with Crippen LogP contribution in [0.5, 0.6) is 5.75 Å². The molecule has 0 bridgehead atoms. The van der Waals surface area contributed by atoms with Gasteiger partial charge in [-0.1, -0.05) is 23.7 Å². The Labute approximate surface area is 147 Å². The third-order valence-electron chi connectivity index (χ3n) is 3.07. The molecule has 0 fully saturated rings. The molecular formula is C16H12ClFN4OS. The highest BCUT2D eigenvalue weighted by molar-refractivity contribution is 7.71. The lowest BCUT2D eigenvalue weighted by Crippen LogP contribution is -2.04. The number of rotatable bonds is 5. The van der Waals surface area contributed by atoms with Gasteiger partial charge in [0, 0.05) is 5.02 Å². The maximum Gasteiger partial charge on any atom is 0.216 e. The van der Waals surface area contributed by atoms with Gasteiger partial charge in [-0.2, -0.15) is 14.9 Å². The predicted octanol–water partition coefficient (Wildman–Crippen LogP) is 4.19. The Hall–Kier alpha value is -2.51. The summed E-state index contributed by atoms with van der Waals surface area (Å²) in [4.78, 5) is 0. The Kier molecular flexibility index (Phi) is 5.02. The molecule has 0 aliphatic carbocycles. The molecule has 24 heavy (non-hydrogen) atoms. The van der Waals surface area contributed by atoms with Gasteiger partial charge in [-0.25, -0.2) is 9.49 Å². The molecule has 0 aliphatic heterocycles. The molecule has 1 N–H and O–H groups in total. The van der Waals surface area contributed by atoms with Crippen molar-refractivity contribution in [1.82, 2.24) is 14.9 Å². The number of aromatic nitrogens is 3. The Balaban J connectivity index is 1.76. The first-order chi connectivity index (χ1) is 11.6. The quantitative estimate of drug-likeness (QED) is 0.547. The first-order valence-corrected chi connectivity index (χ1v) is 7.75.